The van der Waals surface area contributed by atoms with Crippen LogP contribution in [0.2, 0.25) is 0 Å². The molecular formula is C21H24FN3O4. The molecular weight excluding hydrogens is 377 g/mol. The van der Waals surface area contributed by atoms with Gasteiger partial charge in [-0.2, -0.15) is 0 Å². The summed E-state index contributed by atoms with van der Waals surface area (Å²) in [4.78, 5) is 36.3. The van der Waals surface area contributed by atoms with Crippen molar-refractivity contribution in [3.63, 3.8) is 0 Å². The van der Waals surface area contributed by atoms with Crippen LogP contribution in [0.4, 0.5) is 14.9 Å². The van der Waals surface area contributed by atoms with Crippen molar-refractivity contribution in [1.82, 2.24) is 10.6 Å². The van der Waals surface area contributed by atoms with Gasteiger partial charge in [-0.05, 0) is 24.1 Å². The van der Waals surface area contributed by atoms with Crippen LogP contribution < -0.4 is 16.0 Å². The van der Waals surface area contributed by atoms with Crippen molar-refractivity contribution in [3.05, 3.63) is 66.0 Å². The fourth-order valence-corrected chi connectivity index (χ4v) is 2.44. The van der Waals surface area contributed by atoms with Gasteiger partial charge in [0.1, 0.15) is 11.9 Å². The lowest BCUT2D eigenvalue weighted by atomic mass is 10.1. The van der Waals surface area contributed by atoms with Crippen LogP contribution in [0.25, 0.3) is 0 Å². The molecule has 29 heavy (non-hydrogen) atoms. The minimum absolute atomic E-state index is 0.0194. The molecule has 0 aliphatic carbocycles. The quantitative estimate of drug-likeness (QED) is 0.593. The Hall–Kier alpha value is -3.42. The molecule has 1 atom stereocenters. The highest BCUT2D eigenvalue weighted by Gasteiger charge is 2.26. The number of amides is 3. The molecule has 0 aromatic heterocycles. The molecule has 0 fully saturated rings. The molecule has 2 aromatic carbocycles. The first kappa shape index (κ1) is 21.9. The van der Waals surface area contributed by atoms with E-state index in [1.807, 2.05) is 6.07 Å². The highest BCUT2D eigenvalue weighted by Crippen LogP contribution is 2.08. The first-order chi connectivity index (χ1) is 13.9. The number of anilines is 1. The minimum atomic E-state index is -0.932. The van der Waals surface area contributed by atoms with Gasteiger partial charge in [0.15, 0.2) is 6.61 Å². The summed E-state index contributed by atoms with van der Waals surface area (Å²) in [5.74, 6) is -1.99. The highest BCUT2D eigenvalue weighted by atomic mass is 19.1. The van der Waals surface area contributed by atoms with Gasteiger partial charge < -0.3 is 20.7 Å². The Morgan fingerprint density at radius 3 is 2.31 bits per heavy atom. The molecule has 8 heteroatoms. The standard InChI is InChI=1S/C21H24FN3O4/c1-14(2)19(25-21(28)24-16-9-4-3-5-10-16)20(27)29-13-18(26)23-12-15-8-6-7-11-17(15)22/h3-11,14,19H,12-13H2,1-2H3,(H,23,26)(H2,24,25,28)/t19-/m1/s1. The van der Waals surface area contributed by atoms with Gasteiger partial charge in [-0.3, -0.25) is 4.79 Å². The van der Waals surface area contributed by atoms with E-state index in [4.69, 9.17) is 4.74 Å². The fraction of sp³-hybridized carbons (Fsp3) is 0.286. The van der Waals surface area contributed by atoms with Crippen molar-refractivity contribution in [1.29, 1.82) is 0 Å². The summed E-state index contributed by atoms with van der Waals surface area (Å²) in [7, 11) is 0. The Bertz CT molecular complexity index is 843. The maximum Gasteiger partial charge on any atom is 0.329 e. The number of hydrogen-bond donors (Lipinski definition) is 3. The summed E-state index contributed by atoms with van der Waals surface area (Å²) in [6.45, 7) is 2.94. The van der Waals surface area contributed by atoms with Crippen LogP contribution in [0.5, 0.6) is 0 Å². The number of hydrogen-bond acceptors (Lipinski definition) is 4. The average Bonchev–Trinajstić information content (AvgIpc) is 2.70. The molecule has 0 aliphatic rings. The number of esters is 1. The van der Waals surface area contributed by atoms with Crippen LogP contribution >= 0.6 is 0 Å². The topological polar surface area (TPSA) is 96.5 Å². The smallest absolute Gasteiger partial charge is 0.329 e. The lowest BCUT2D eigenvalue weighted by molar-refractivity contribution is -0.151. The van der Waals surface area contributed by atoms with E-state index in [2.05, 4.69) is 16.0 Å². The van der Waals surface area contributed by atoms with Gasteiger partial charge in [-0.1, -0.05) is 50.2 Å². The number of carbonyl (C=O) groups is 3. The normalized spacial score (nSPS) is 11.4. The minimum Gasteiger partial charge on any atom is -0.454 e. The maximum atomic E-state index is 13.5. The number of ether oxygens (including phenoxy) is 1. The Labute approximate surface area is 168 Å². The zero-order chi connectivity index (χ0) is 21.2. The van der Waals surface area contributed by atoms with Crippen LogP contribution in [0.3, 0.4) is 0 Å². The Morgan fingerprint density at radius 2 is 1.66 bits per heavy atom. The van der Waals surface area contributed by atoms with Gasteiger partial charge in [-0.15, -0.1) is 0 Å². The number of carbonyl (C=O) groups excluding carboxylic acids is 3. The van der Waals surface area contributed by atoms with Gasteiger partial charge in [0.2, 0.25) is 0 Å². The van der Waals surface area contributed by atoms with E-state index in [1.54, 1.807) is 56.3 Å². The van der Waals surface area contributed by atoms with Crippen molar-refractivity contribution in [2.24, 2.45) is 5.92 Å². The molecule has 0 aliphatic heterocycles. The first-order valence-electron chi connectivity index (χ1n) is 9.16. The summed E-state index contributed by atoms with van der Waals surface area (Å²) in [6, 6.07) is 13.3. The summed E-state index contributed by atoms with van der Waals surface area (Å²) < 4.78 is 18.6. The van der Waals surface area contributed by atoms with Gasteiger partial charge in [-0.25, -0.2) is 14.0 Å². The van der Waals surface area contributed by atoms with E-state index in [1.165, 1.54) is 6.07 Å². The molecule has 3 amide bonds. The Kier molecular flexibility index (Phi) is 8.14. The Balaban J connectivity index is 1.81. The Morgan fingerprint density at radius 1 is 1.00 bits per heavy atom. The molecule has 2 aromatic rings. The third-order valence-corrected chi connectivity index (χ3v) is 4.02. The predicted octanol–water partition coefficient (Wildman–Crippen LogP) is 2.83. The molecule has 3 N–H and O–H groups in total. The number of rotatable bonds is 8. The molecule has 0 saturated carbocycles. The van der Waals surface area contributed by atoms with E-state index >= 15 is 0 Å². The van der Waals surface area contributed by atoms with Crippen molar-refractivity contribution in [2.45, 2.75) is 26.4 Å². The molecule has 0 spiro atoms. The third-order valence-electron chi connectivity index (χ3n) is 4.02. The molecule has 0 unspecified atom stereocenters. The summed E-state index contributed by atoms with van der Waals surface area (Å²) in [5, 5.41) is 7.65. The zero-order valence-corrected chi connectivity index (χ0v) is 16.3. The van der Waals surface area contributed by atoms with Gasteiger partial charge in [0.05, 0.1) is 0 Å². The highest BCUT2D eigenvalue weighted by molar-refractivity contribution is 5.93. The molecule has 7 nitrogen and oxygen atoms in total. The van der Waals surface area contributed by atoms with Crippen LogP contribution in [0, 0.1) is 11.7 Å². The first-order valence-corrected chi connectivity index (χ1v) is 9.16. The molecule has 154 valence electrons. The summed E-state index contributed by atoms with van der Waals surface area (Å²) in [6.07, 6.45) is 0. The second kappa shape index (κ2) is 10.8. The van der Waals surface area contributed by atoms with Crippen LogP contribution in [-0.2, 0) is 20.9 Å². The van der Waals surface area contributed by atoms with Crippen molar-refractivity contribution in [2.75, 3.05) is 11.9 Å². The average molecular weight is 401 g/mol. The lowest BCUT2D eigenvalue weighted by Gasteiger charge is -2.21. The van der Waals surface area contributed by atoms with Crippen molar-refractivity contribution in [3.8, 4) is 0 Å². The number of nitrogens with one attached hydrogen (secondary N) is 3. The molecule has 0 heterocycles. The summed E-state index contributed by atoms with van der Waals surface area (Å²) in [5.41, 5.74) is 0.903. The SMILES string of the molecule is CC(C)[C@@H](NC(=O)Nc1ccccc1)C(=O)OCC(=O)NCc1ccccc1F. The number of benzene rings is 2. The zero-order valence-electron chi connectivity index (χ0n) is 16.3. The van der Waals surface area contributed by atoms with E-state index in [-0.39, 0.29) is 12.5 Å². The van der Waals surface area contributed by atoms with Crippen molar-refractivity contribution >= 4 is 23.6 Å². The van der Waals surface area contributed by atoms with E-state index in [9.17, 15) is 18.8 Å². The molecule has 0 saturated heterocycles. The van der Waals surface area contributed by atoms with Gasteiger partial charge >= 0.3 is 12.0 Å². The maximum absolute atomic E-state index is 13.5. The van der Waals surface area contributed by atoms with E-state index < -0.39 is 36.4 Å². The van der Waals surface area contributed by atoms with Crippen LogP contribution in [0.1, 0.15) is 19.4 Å². The second-order valence-corrected chi connectivity index (χ2v) is 6.66. The number of urea groups is 1. The number of para-hydroxylation sites is 1. The largest absolute Gasteiger partial charge is 0.454 e. The van der Waals surface area contributed by atoms with E-state index in [0.29, 0.717) is 11.3 Å². The predicted molar refractivity (Wildman–Crippen MR) is 106 cm³/mol. The van der Waals surface area contributed by atoms with Crippen LogP contribution in [-0.4, -0.2) is 30.6 Å². The number of halogens is 1. The lowest BCUT2D eigenvalue weighted by Crippen LogP contribution is -2.47. The monoisotopic (exact) mass is 401 g/mol. The molecule has 0 bridgehead atoms. The fourth-order valence-electron chi connectivity index (χ4n) is 2.44. The van der Waals surface area contributed by atoms with Crippen molar-refractivity contribution < 1.29 is 23.5 Å². The summed E-state index contributed by atoms with van der Waals surface area (Å²) >= 11 is 0. The second-order valence-electron chi connectivity index (χ2n) is 6.66. The van der Waals surface area contributed by atoms with E-state index in [0.717, 1.165) is 0 Å². The van der Waals surface area contributed by atoms with Gasteiger partial charge in [0, 0.05) is 17.8 Å². The third kappa shape index (κ3) is 7.25. The molecule has 0 radical (unpaired) electrons. The van der Waals surface area contributed by atoms with Crippen LogP contribution in [0.15, 0.2) is 54.6 Å². The molecule has 2 rings (SSSR count). The van der Waals surface area contributed by atoms with Gasteiger partial charge in [0.25, 0.3) is 5.91 Å².